The number of aryl methyl sites for hydroxylation is 2. The summed E-state index contributed by atoms with van der Waals surface area (Å²) in [5, 5.41) is 3.42. The Labute approximate surface area is 116 Å². The lowest BCUT2D eigenvalue weighted by atomic mass is 9.99. The molecule has 1 aromatic rings. The minimum Gasteiger partial charge on any atom is -0.370 e. The lowest BCUT2D eigenvalue weighted by Gasteiger charge is -2.34. The van der Waals surface area contributed by atoms with Crippen molar-refractivity contribution < 1.29 is 0 Å². The molecule has 3 nitrogen and oxygen atoms in total. The van der Waals surface area contributed by atoms with Crippen molar-refractivity contribution in [3.8, 4) is 0 Å². The summed E-state index contributed by atoms with van der Waals surface area (Å²) in [6.07, 6.45) is 2.55. The van der Waals surface area contributed by atoms with E-state index in [4.69, 9.17) is 0 Å². The first-order valence-electron chi connectivity index (χ1n) is 7.60. The van der Waals surface area contributed by atoms with E-state index in [1.807, 2.05) is 0 Å². The number of hydrogen-bond donors (Lipinski definition) is 1. The summed E-state index contributed by atoms with van der Waals surface area (Å²) in [6.45, 7) is 10.5. The summed E-state index contributed by atoms with van der Waals surface area (Å²) in [7, 11) is 0. The zero-order chi connectivity index (χ0) is 13.1. The van der Waals surface area contributed by atoms with Crippen LogP contribution in [0.25, 0.3) is 0 Å². The topological polar surface area (TPSA) is 18.5 Å². The van der Waals surface area contributed by atoms with Crippen LogP contribution in [-0.4, -0.2) is 50.7 Å². The second kappa shape index (κ2) is 5.93. The van der Waals surface area contributed by atoms with Crippen molar-refractivity contribution >= 4 is 5.69 Å². The van der Waals surface area contributed by atoms with Gasteiger partial charge in [0, 0.05) is 51.5 Å². The van der Waals surface area contributed by atoms with Gasteiger partial charge in [0.25, 0.3) is 0 Å². The Morgan fingerprint density at radius 1 is 1.11 bits per heavy atom. The van der Waals surface area contributed by atoms with E-state index >= 15 is 0 Å². The molecule has 1 fully saturated rings. The normalized spacial score (nSPS) is 20.4. The molecule has 2 aliphatic heterocycles. The van der Waals surface area contributed by atoms with Gasteiger partial charge in [0.05, 0.1) is 0 Å². The first-order chi connectivity index (χ1) is 9.33. The molecule has 3 heteroatoms. The SMILES string of the molecule is Cc1ccc2c(c1)CCCN2CCN1CCNCC1. The van der Waals surface area contributed by atoms with Gasteiger partial charge < -0.3 is 10.2 Å². The second-order valence-electron chi connectivity index (χ2n) is 5.81. The standard InChI is InChI=1S/C16H25N3/c1-14-4-5-16-15(13-14)3-2-8-19(16)12-11-18-9-6-17-7-10-18/h4-5,13,17H,2-3,6-12H2,1H3. The van der Waals surface area contributed by atoms with Gasteiger partial charge in [-0.2, -0.15) is 0 Å². The number of nitrogens with one attached hydrogen (secondary N) is 1. The molecule has 0 unspecified atom stereocenters. The van der Waals surface area contributed by atoms with Crippen LogP contribution < -0.4 is 10.2 Å². The molecule has 3 rings (SSSR count). The fourth-order valence-corrected chi connectivity index (χ4v) is 3.23. The van der Waals surface area contributed by atoms with Gasteiger partial charge in [-0.3, -0.25) is 4.90 Å². The van der Waals surface area contributed by atoms with Gasteiger partial charge in [0.15, 0.2) is 0 Å². The first-order valence-corrected chi connectivity index (χ1v) is 7.60. The minimum atomic E-state index is 1.15. The molecule has 0 radical (unpaired) electrons. The molecule has 1 saturated heterocycles. The van der Waals surface area contributed by atoms with Crippen molar-refractivity contribution in [3.63, 3.8) is 0 Å². The molecule has 0 atom stereocenters. The van der Waals surface area contributed by atoms with E-state index in [1.54, 1.807) is 5.56 Å². The molecule has 1 aromatic carbocycles. The van der Waals surface area contributed by atoms with Gasteiger partial charge in [-0.25, -0.2) is 0 Å². The van der Waals surface area contributed by atoms with Crippen molar-refractivity contribution in [2.24, 2.45) is 0 Å². The van der Waals surface area contributed by atoms with E-state index in [0.29, 0.717) is 0 Å². The summed E-state index contributed by atoms with van der Waals surface area (Å²) in [4.78, 5) is 5.17. The Bertz CT molecular complexity index is 424. The number of hydrogen-bond acceptors (Lipinski definition) is 3. The van der Waals surface area contributed by atoms with Gasteiger partial charge in [0.2, 0.25) is 0 Å². The van der Waals surface area contributed by atoms with Crippen LogP contribution in [0.5, 0.6) is 0 Å². The van der Waals surface area contributed by atoms with Crippen LogP contribution in [0, 0.1) is 6.92 Å². The molecule has 104 valence electrons. The zero-order valence-electron chi connectivity index (χ0n) is 12.0. The van der Waals surface area contributed by atoms with Crippen molar-refractivity contribution in [1.82, 2.24) is 10.2 Å². The van der Waals surface area contributed by atoms with E-state index in [-0.39, 0.29) is 0 Å². The highest BCUT2D eigenvalue weighted by atomic mass is 15.2. The molecule has 0 spiro atoms. The van der Waals surface area contributed by atoms with E-state index < -0.39 is 0 Å². The van der Waals surface area contributed by atoms with E-state index in [2.05, 4.69) is 40.2 Å². The smallest absolute Gasteiger partial charge is 0.0399 e. The molecular formula is C16H25N3. The Morgan fingerprint density at radius 2 is 1.95 bits per heavy atom. The van der Waals surface area contributed by atoms with Crippen molar-refractivity contribution in [3.05, 3.63) is 29.3 Å². The molecule has 0 aromatic heterocycles. The molecule has 2 aliphatic rings. The Kier molecular flexibility index (Phi) is 4.04. The molecule has 0 amide bonds. The minimum absolute atomic E-state index is 1.15. The maximum atomic E-state index is 3.42. The predicted octanol–water partition coefficient (Wildman–Crippen LogP) is 1.65. The van der Waals surface area contributed by atoms with Crippen LogP contribution in [-0.2, 0) is 6.42 Å². The highest BCUT2D eigenvalue weighted by molar-refractivity contribution is 5.56. The molecule has 0 bridgehead atoms. The van der Waals surface area contributed by atoms with Gasteiger partial charge in [-0.15, -0.1) is 0 Å². The van der Waals surface area contributed by atoms with Crippen LogP contribution in [0.15, 0.2) is 18.2 Å². The average Bonchev–Trinajstić information content (AvgIpc) is 2.45. The number of rotatable bonds is 3. The monoisotopic (exact) mass is 259 g/mol. The van der Waals surface area contributed by atoms with Crippen LogP contribution in [0.1, 0.15) is 17.5 Å². The largest absolute Gasteiger partial charge is 0.370 e. The molecule has 19 heavy (non-hydrogen) atoms. The molecule has 2 heterocycles. The zero-order valence-corrected chi connectivity index (χ0v) is 12.0. The van der Waals surface area contributed by atoms with Gasteiger partial charge in [-0.05, 0) is 31.4 Å². The quantitative estimate of drug-likeness (QED) is 0.890. The van der Waals surface area contributed by atoms with Gasteiger partial charge in [-0.1, -0.05) is 17.7 Å². The van der Waals surface area contributed by atoms with E-state index in [1.165, 1.54) is 56.8 Å². The highest BCUT2D eigenvalue weighted by Crippen LogP contribution is 2.27. The number of nitrogens with zero attached hydrogens (tertiary/aromatic N) is 2. The molecule has 0 saturated carbocycles. The first kappa shape index (κ1) is 12.9. The molecular weight excluding hydrogens is 234 g/mol. The van der Waals surface area contributed by atoms with Crippen LogP contribution in [0.4, 0.5) is 5.69 Å². The van der Waals surface area contributed by atoms with Crippen LogP contribution in [0.2, 0.25) is 0 Å². The van der Waals surface area contributed by atoms with Gasteiger partial charge >= 0.3 is 0 Å². The predicted molar refractivity (Wildman–Crippen MR) is 81.0 cm³/mol. The third-order valence-electron chi connectivity index (χ3n) is 4.35. The summed E-state index contributed by atoms with van der Waals surface area (Å²) < 4.78 is 0. The lowest BCUT2D eigenvalue weighted by Crippen LogP contribution is -2.46. The summed E-state index contributed by atoms with van der Waals surface area (Å²) in [5.74, 6) is 0. The lowest BCUT2D eigenvalue weighted by molar-refractivity contribution is 0.245. The maximum absolute atomic E-state index is 3.42. The fraction of sp³-hybridized carbons (Fsp3) is 0.625. The molecule has 1 N–H and O–H groups in total. The maximum Gasteiger partial charge on any atom is 0.0399 e. The average molecular weight is 259 g/mol. The van der Waals surface area contributed by atoms with Crippen LogP contribution in [0.3, 0.4) is 0 Å². The Balaban J connectivity index is 1.63. The third-order valence-corrected chi connectivity index (χ3v) is 4.35. The van der Waals surface area contributed by atoms with E-state index in [0.717, 1.165) is 13.1 Å². The number of fused-ring (bicyclic) bond motifs is 1. The van der Waals surface area contributed by atoms with Crippen molar-refractivity contribution in [1.29, 1.82) is 0 Å². The summed E-state index contributed by atoms with van der Waals surface area (Å²) >= 11 is 0. The summed E-state index contributed by atoms with van der Waals surface area (Å²) in [6, 6.07) is 6.94. The fourth-order valence-electron chi connectivity index (χ4n) is 3.23. The van der Waals surface area contributed by atoms with Crippen molar-refractivity contribution in [2.45, 2.75) is 19.8 Å². The van der Waals surface area contributed by atoms with Gasteiger partial charge in [0.1, 0.15) is 0 Å². The molecule has 0 aliphatic carbocycles. The Morgan fingerprint density at radius 3 is 2.79 bits per heavy atom. The number of anilines is 1. The number of benzene rings is 1. The highest BCUT2D eigenvalue weighted by Gasteiger charge is 2.18. The third kappa shape index (κ3) is 3.10. The second-order valence-corrected chi connectivity index (χ2v) is 5.81. The number of piperazine rings is 1. The summed E-state index contributed by atoms with van der Waals surface area (Å²) in [5.41, 5.74) is 4.42. The van der Waals surface area contributed by atoms with Crippen molar-refractivity contribution in [2.75, 3.05) is 50.7 Å². The van der Waals surface area contributed by atoms with E-state index in [9.17, 15) is 0 Å². The van der Waals surface area contributed by atoms with Crippen LogP contribution >= 0.6 is 0 Å². The Hall–Kier alpha value is -1.06.